The molecule has 0 amide bonds. The van der Waals surface area contributed by atoms with Crippen LogP contribution >= 0.6 is 0 Å². The lowest BCUT2D eigenvalue weighted by Gasteiger charge is -2.14. The quantitative estimate of drug-likeness (QED) is 0.391. The van der Waals surface area contributed by atoms with E-state index in [1.165, 1.54) is 31.7 Å². The van der Waals surface area contributed by atoms with Gasteiger partial charge in [-0.25, -0.2) is 26.6 Å². The summed E-state index contributed by atoms with van der Waals surface area (Å²) in [7, 11) is -4.40. The van der Waals surface area contributed by atoms with Gasteiger partial charge in [-0.1, -0.05) is 11.2 Å². The molecule has 0 saturated heterocycles. The van der Waals surface area contributed by atoms with Gasteiger partial charge in [-0.05, 0) is 31.2 Å². The molecule has 8 nitrogen and oxygen atoms in total. The molecule has 0 unspecified atom stereocenters. The lowest BCUT2D eigenvalue weighted by atomic mass is 10.0. The van der Waals surface area contributed by atoms with E-state index in [-0.39, 0.29) is 11.3 Å². The standard InChI is InChI=1S/C22H14F3N5O3S/c1-12-19(8-14(23)9-26-12)34(31,32)29-16-4-3-15(24)20(21(16)25)13-2-5-17-22(18-6-7-28-33-18)27-11-30(17)10-13/h2-11,29H,1H3. The van der Waals surface area contributed by atoms with E-state index < -0.39 is 43.6 Å². The van der Waals surface area contributed by atoms with Crippen LogP contribution in [0.1, 0.15) is 5.69 Å². The Labute approximate surface area is 190 Å². The first kappa shape index (κ1) is 21.6. The molecule has 0 bridgehead atoms. The van der Waals surface area contributed by atoms with Gasteiger partial charge in [0.25, 0.3) is 10.0 Å². The predicted molar refractivity (Wildman–Crippen MR) is 116 cm³/mol. The van der Waals surface area contributed by atoms with Crippen molar-refractivity contribution in [2.24, 2.45) is 0 Å². The molecule has 1 N–H and O–H groups in total. The van der Waals surface area contributed by atoms with E-state index in [1.54, 1.807) is 16.5 Å². The average molecular weight is 485 g/mol. The summed E-state index contributed by atoms with van der Waals surface area (Å²) < 4.78 is 77.8. The van der Waals surface area contributed by atoms with Gasteiger partial charge in [-0.2, -0.15) is 0 Å². The van der Waals surface area contributed by atoms with Crippen LogP contribution in [0.2, 0.25) is 0 Å². The van der Waals surface area contributed by atoms with Crippen LogP contribution in [0.3, 0.4) is 0 Å². The summed E-state index contributed by atoms with van der Waals surface area (Å²) in [5.41, 5.74) is 0.288. The number of nitrogens with zero attached hydrogens (tertiary/aromatic N) is 4. The van der Waals surface area contributed by atoms with E-state index in [2.05, 4.69) is 19.8 Å². The van der Waals surface area contributed by atoms with Gasteiger partial charge < -0.3 is 8.92 Å². The molecular formula is C22H14F3N5O3S. The SMILES string of the molecule is Cc1ncc(F)cc1S(=O)(=O)Nc1ccc(F)c(-c2ccc3c(-c4ccno4)ncn3c2)c1F. The van der Waals surface area contributed by atoms with E-state index >= 15 is 4.39 Å². The number of anilines is 1. The lowest BCUT2D eigenvalue weighted by Crippen LogP contribution is -2.16. The summed E-state index contributed by atoms with van der Waals surface area (Å²) in [5, 5.41) is 3.64. The third-order valence-corrected chi connectivity index (χ3v) is 6.60. The largest absolute Gasteiger partial charge is 0.355 e. The van der Waals surface area contributed by atoms with Crippen molar-refractivity contribution < 1.29 is 26.1 Å². The zero-order valence-electron chi connectivity index (χ0n) is 17.3. The van der Waals surface area contributed by atoms with Gasteiger partial charge in [0, 0.05) is 17.8 Å². The second-order valence-electron chi connectivity index (χ2n) is 7.31. The minimum Gasteiger partial charge on any atom is -0.355 e. The second-order valence-corrected chi connectivity index (χ2v) is 8.96. The van der Waals surface area contributed by atoms with Crippen LogP contribution in [0.4, 0.5) is 18.9 Å². The maximum Gasteiger partial charge on any atom is 0.263 e. The monoisotopic (exact) mass is 485 g/mol. The Kier molecular flexibility index (Phi) is 5.09. The second kappa shape index (κ2) is 7.99. The lowest BCUT2D eigenvalue weighted by molar-refractivity contribution is 0.431. The van der Waals surface area contributed by atoms with E-state index in [0.29, 0.717) is 17.0 Å². The molecule has 1 aromatic carbocycles. The van der Waals surface area contributed by atoms with Crippen LogP contribution in [-0.2, 0) is 10.0 Å². The molecule has 0 saturated carbocycles. The fourth-order valence-electron chi connectivity index (χ4n) is 3.53. The molecule has 0 aliphatic rings. The minimum absolute atomic E-state index is 0.0183. The van der Waals surface area contributed by atoms with Crippen molar-refractivity contribution in [2.75, 3.05) is 4.72 Å². The number of sulfonamides is 1. The van der Waals surface area contributed by atoms with Crippen molar-refractivity contribution in [2.45, 2.75) is 11.8 Å². The number of benzene rings is 1. The smallest absolute Gasteiger partial charge is 0.263 e. The van der Waals surface area contributed by atoms with Crippen LogP contribution in [-0.4, -0.2) is 27.9 Å². The third-order valence-electron chi connectivity index (χ3n) is 5.12. The number of aryl methyl sites for hydroxylation is 1. The maximum absolute atomic E-state index is 15.4. The molecule has 172 valence electrons. The number of aromatic nitrogens is 4. The summed E-state index contributed by atoms with van der Waals surface area (Å²) in [4.78, 5) is 7.46. The normalized spacial score (nSPS) is 11.8. The van der Waals surface area contributed by atoms with Crippen molar-refractivity contribution in [3.8, 4) is 22.6 Å². The maximum atomic E-state index is 15.4. The Morgan fingerprint density at radius 2 is 1.88 bits per heavy atom. The van der Waals surface area contributed by atoms with Gasteiger partial charge in [0.05, 0.1) is 34.9 Å². The molecule has 5 rings (SSSR count). The van der Waals surface area contributed by atoms with Crippen LogP contribution in [0.25, 0.3) is 28.1 Å². The zero-order chi connectivity index (χ0) is 24.0. The Morgan fingerprint density at radius 3 is 2.65 bits per heavy atom. The molecule has 5 aromatic rings. The molecule has 4 heterocycles. The van der Waals surface area contributed by atoms with Crippen molar-refractivity contribution in [1.29, 1.82) is 0 Å². The van der Waals surface area contributed by atoms with Crippen molar-refractivity contribution in [3.05, 3.63) is 84.5 Å². The Morgan fingerprint density at radius 1 is 1.06 bits per heavy atom. The number of hydrogen-bond acceptors (Lipinski definition) is 6. The van der Waals surface area contributed by atoms with Gasteiger partial charge >= 0.3 is 0 Å². The first-order valence-corrected chi connectivity index (χ1v) is 11.2. The molecular weight excluding hydrogens is 471 g/mol. The Balaban J connectivity index is 1.56. The fraction of sp³-hybridized carbons (Fsp3) is 0.0455. The summed E-state index contributed by atoms with van der Waals surface area (Å²) in [6.07, 6.45) is 5.22. The number of pyridine rings is 2. The van der Waals surface area contributed by atoms with E-state index in [0.717, 1.165) is 24.4 Å². The van der Waals surface area contributed by atoms with Gasteiger partial charge in [0.2, 0.25) is 0 Å². The Hall–Kier alpha value is -4.19. The van der Waals surface area contributed by atoms with E-state index in [9.17, 15) is 17.2 Å². The third kappa shape index (κ3) is 3.67. The molecule has 0 aliphatic carbocycles. The molecule has 0 radical (unpaired) electrons. The number of imidazole rings is 1. The highest BCUT2D eigenvalue weighted by Gasteiger charge is 2.23. The van der Waals surface area contributed by atoms with E-state index in [4.69, 9.17) is 4.52 Å². The van der Waals surface area contributed by atoms with Crippen LogP contribution in [0.15, 0.2) is 70.7 Å². The number of fused-ring (bicyclic) bond motifs is 1. The topological polar surface area (TPSA) is 102 Å². The molecule has 4 aromatic heterocycles. The molecule has 0 atom stereocenters. The molecule has 0 fully saturated rings. The molecule has 0 aliphatic heterocycles. The van der Waals surface area contributed by atoms with Crippen molar-refractivity contribution in [3.63, 3.8) is 0 Å². The summed E-state index contributed by atoms with van der Waals surface area (Å²) in [5.74, 6) is -2.49. The number of rotatable bonds is 5. The van der Waals surface area contributed by atoms with Crippen LogP contribution in [0, 0.1) is 24.4 Å². The van der Waals surface area contributed by atoms with Gasteiger partial charge in [-0.15, -0.1) is 0 Å². The summed E-state index contributed by atoms with van der Waals surface area (Å²) >= 11 is 0. The van der Waals surface area contributed by atoms with Crippen molar-refractivity contribution in [1.82, 2.24) is 19.5 Å². The average Bonchev–Trinajstić information content (AvgIpc) is 3.47. The number of nitrogens with one attached hydrogen (secondary N) is 1. The van der Waals surface area contributed by atoms with Gasteiger partial charge in [0.15, 0.2) is 11.6 Å². The van der Waals surface area contributed by atoms with Gasteiger partial charge in [0.1, 0.15) is 28.6 Å². The van der Waals surface area contributed by atoms with Crippen molar-refractivity contribution >= 4 is 21.2 Å². The number of hydrogen-bond donors (Lipinski definition) is 1. The number of halogens is 3. The predicted octanol–water partition coefficient (Wildman–Crippen LogP) is 4.58. The van der Waals surface area contributed by atoms with E-state index in [1.807, 2.05) is 0 Å². The first-order valence-electron chi connectivity index (χ1n) is 9.76. The molecule has 12 heteroatoms. The summed E-state index contributed by atoms with van der Waals surface area (Å²) in [6.45, 7) is 1.37. The van der Waals surface area contributed by atoms with Crippen LogP contribution in [0.5, 0.6) is 0 Å². The highest BCUT2D eigenvalue weighted by Crippen LogP contribution is 2.33. The Bertz CT molecular complexity index is 1650. The molecule has 0 spiro atoms. The van der Waals surface area contributed by atoms with Gasteiger partial charge in [-0.3, -0.25) is 9.71 Å². The fourth-order valence-corrected chi connectivity index (χ4v) is 4.80. The minimum atomic E-state index is -4.40. The summed E-state index contributed by atoms with van der Waals surface area (Å²) in [6, 6.07) is 7.35. The first-order chi connectivity index (χ1) is 16.2. The highest BCUT2D eigenvalue weighted by atomic mass is 32.2. The zero-order valence-corrected chi connectivity index (χ0v) is 18.1. The highest BCUT2D eigenvalue weighted by molar-refractivity contribution is 7.92. The van der Waals surface area contributed by atoms with Crippen LogP contribution < -0.4 is 4.72 Å². The molecule has 34 heavy (non-hydrogen) atoms.